The highest BCUT2D eigenvalue weighted by atomic mass is 35.5. The third-order valence-electron chi connectivity index (χ3n) is 3.84. The fraction of sp³-hybridized carbons (Fsp3) is 0.250. The highest BCUT2D eigenvalue weighted by Crippen LogP contribution is 2.36. The quantitative estimate of drug-likeness (QED) is 0.526. The zero-order valence-electron chi connectivity index (χ0n) is 14.8. The van der Waals surface area contributed by atoms with Crippen molar-refractivity contribution < 1.29 is 4.74 Å². The molecule has 132 valence electrons. The monoisotopic (exact) mass is 383 g/mol. The summed E-state index contributed by atoms with van der Waals surface area (Å²) >= 11 is 7.79. The number of pyridine rings is 1. The summed E-state index contributed by atoms with van der Waals surface area (Å²) in [5, 5.41) is 10.8. The minimum absolute atomic E-state index is 0.0170. The lowest BCUT2D eigenvalue weighted by Gasteiger charge is -2.11. The zero-order chi connectivity index (χ0) is 18.7. The van der Waals surface area contributed by atoms with Crippen LogP contribution in [0.2, 0.25) is 5.15 Å². The third kappa shape index (κ3) is 3.72. The Hall–Kier alpha value is -2.42. The Kier molecular flexibility index (Phi) is 5.55. The molecule has 1 aromatic carbocycles. The molecule has 0 aliphatic carbocycles. The zero-order valence-corrected chi connectivity index (χ0v) is 16.4. The van der Waals surface area contributed by atoms with Crippen molar-refractivity contribution in [3.05, 3.63) is 52.9 Å². The summed E-state index contributed by atoms with van der Waals surface area (Å²) in [4.78, 5) is 9.73. The van der Waals surface area contributed by atoms with Gasteiger partial charge in [0.25, 0.3) is 0 Å². The summed E-state index contributed by atoms with van der Waals surface area (Å²) in [5.74, 6) is 0.595. The van der Waals surface area contributed by atoms with E-state index in [1.807, 2.05) is 44.3 Å². The molecule has 0 spiro atoms. The van der Waals surface area contributed by atoms with Gasteiger partial charge in [-0.1, -0.05) is 18.5 Å². The molecule has 3 aromatic rings. The summed E-state index contributed by atoms with van der Waals surface area (Å²) < 4.78 is 5.68. The van der Waals surface area contributed by atoms with E-state index in [9.17, 15) is 5.26 Å². The molecule has 0 unspecified atom stereocenters. The molecule has 0 fully saturated rings. The topological polar surface area (TPSA) is 58.8 Å². The van der Waals surface area contributed by atoms with E-state index in [0.29, 0.717) is 16.5 Å². The first-order chi connectivity index (χ1) is 12.5. The van der Waals surface area contributed by atoms with E-state index in [1.165, 1.54) is 0 Å². The van der Waals surface area contributed by atoms with Gasteiger partial charge in [-0.15, -0.1) is 11.3 Å². The first-order valence-corrected chi connectivity index (χ1v) is 9.53. The van der Waals surface area contributed by atoms with Crippen LogP contribution in [0.5, 0.6) is 5.75 Å². The molecule has 0 saturated carbocycles. The van der Waals surface area contributed by atoms with Gasteiger partial charge in [-0.25, -0.2) is 9.97 Å². The molecule has 6 heteroatoms. The van der Waals surface area contributed by atoms with Crippen molar-refractivity contribution in [2.24, 2.45) is 0 Å². The summed E-state index contributed by atoms with van der Waals surface area (Å²) in [7, 11) is 0. The molecule has 2 aromatic heterocycles. The number of halogens is 1. The van der Waals surface area contributed by atoms with Crippen molar-refractivity contribution in [2.45, 2.75) is 33.3 Å². The second-order valence-electron chi connectivity index (χ2n) is 6.00. The third-order valence-corrected chi connectivity index (χ3v) is 5.24. The molecule has 4 nitrogen and oxygen atoms in total. The number of aromatic nitrogens is 2. The molecule has 2 heterocycles. The predicted molar refractivity (Wildman–Crippen MR) is 106 cm³/mol. The van der Waals surface area contributed by atoms with Gasteiger partial charge in [0.2, 0.25) is 0 Å². The lowest BCUT2D eigenvalue weighted by molar-refractivity contribution is 0.242. The first-order valence-electron chi connectivity index (χ1n) is 8.34. The minimum atomic E-state index is 0.0170. The number of hydrogen-bond donors (Lipinski definition) is 0. The number of rotatable bonds is 5. The van der Waals surface area contributed by atoms with Crippen molar-refractivity contribution in [3.63, 3.8) is 0 Å². The SMILES string of the molecule is CCc1c(-c2cnc(-c3ccc(OC(C)C)c(C#N)c3)s2)ccnc1Cl. The Morgan fingerprint density at radius 2 is 2.08 bits per heavy atom. The Balaban J connectivity index is 1.99. The largest absolute Gasteiger partial charge is 0.490 e. The first kappa shape index (κ1) is 18.4. The fourth-order valence-corrected chi connectivity index (χ4v) is 3.93. The molecule has 0 bridgehead atoms. The van der Waals surface area contributed by atoms with Gasteiger partial charge in [-0.2, -0.15) is 5.26 Å². The standard InChI is InChI=1S/C20H18ClN3OS/c1-4-15-16(7-8-23-19(15)21)18-11-24-20(26-18)13-5-6-17(25-12(2)3)14(9-13)10-22/h5-9,11-12H,4H2,1-3H3. The van der Waals surface area contributed by atoms with Gasteiger partial charge in [0, 0.05) is 23.5 Å². The fourth-order valence-electron chi connectivity index (χ4n) is 2.67. The van der Waals surface area contributed by atoms with Crippen LogP contribution < -0.4 is 4.74 Å². The maximum Gasteiger partial charge on any atom is 0.137 e. The van der Waals surface area contributed by atoms with E-state index < -0.39 is 0 Å². The van der Waals surface area contributed by atoms with Crippen molar-refractivity contribution in [3.8, 4) is 32.8 Å². The molecule has 0 radical (unpaired) electrons. The number of ether oxygens (including phenoxy) is 1. The minimum Gasteiger partial charge on any atom is -0.490 e. The number of nitriles is 1. The normalized spacial score (nSPS) is 10.8. The Labute approximate surface area is 162 Å². The molecule has 0 atom stereocenters. The average Bonchev–Trinajstić information content (AvgIpc) is 3.11. The molecule has 0 N–H and O–H groups in total. The van der Waals surface area contributed by atoms with Crippen LogP contribution in [0.3, 0.4) is 0 Å². The van der Waals surface area contributed by atoms with E-state index >= 15 is 0 Å². The molecular weight excluding hydrogens is 366 g/mol. The van der Waals surface area contributed by atoms with Crippen LogP contribution in [0, 0.1) is 11.3 Å². The molecule has 26 heavy (non-hydrogen) atoms. The van der Waals surface area contributed by atoms with Gasteiger partial charge in [0.15, 0.2) is 0 Å². The Bertz CT molecular complexity index is 975. The van der Waals surface area contributed by atoms with E-state index in [1.54, 1.807) is 17.5 Å². The van der Waals surface area contributed by atoms with Gasteiger partial charge in [-0.3, -0.25) is 0 Å². The molecule has 0 saturated heterocycles. The molecule has 0 aliphatic heterocycles. The van der Waals surface area contributed by atoms with Gasteiger partial charge in [0.1, 0.15) is 22.0 Å². The van der Waals surface area contributed by atoms with Crippen LogP contribution >= 0.6 is 22.9 Å². The maximum atomic E-state index is 9.42. The lowest BCUT2D eigenvalue weighted by atomic mass is 10.1. The van der Waals surface area contributed by atoms with Crippen molar-refractivity contribution in [1.29, 1.82) is 5.26 Å². The predicted octanol–water partition coefficient (Wildman–Crippen LogP) is 5.75. The molecule has 0 aliphatic rings. The van der Waals surface area contributed by atoms with Gasteiger partial charge in [-0.05, 0) is 50.1 Å². The smallest absolute Gasteiger partial charge is 0.137 e. The summed E-state index contributed by atoms with van der Waals surface area (Å²) in [5.41, 5.74) is 3.47. The second-order valence-corrected chi connectivity index (χ2v) is 7.39. The Morgan fingerprint density at radius 1 is 1.27 bits per heavy atom. The van der Waals surface area contributed by atoms with E-state index in [4.69, 9.17) is 16.3 Å². The number of hydrogen-bond acceptors (Lipinski definition) is 5. The number of thiazole rings is 1. The van der Waals surface area contributed by atoms with Gasteiger partial charge < -0.3 is 4.74 Å². The van der Waals surface area contributed by atoms with Crippen LogP contribution in [0.4, 0.5) is 0 Å². The van der Waals surface area contributed by atoms with Crippen LogP contribution in [-0.2, 0) is 6.42 Å². The van der Waals surface area contributed by atoms with E-state index in [2.05, 4.69) is 23.0 Å². The van der Waals surface area contributed by atoms with Crippen LogP contribution in [0.15, 0.2) is 36.7 Å². The summed E-state index contributed by atoms with van der Waals surface area (Å²) in [6.45, 7) is 5.93. The molecular formula is C20H18ClN3OS. The highest BCUT2D eigenvalue weighted by molar-refractivity contribution is 7.18. The number of nitrogens with zero attached hydrogens (tertiary/aromatic N) is 3. The van der Waals surface area contributed by atoms with Gasteiger partial charge in [0.05, 0.1) is 16.5 Å². The molecule has 0 amide bonds. The van der Waals surface area contributed by atoms with Crippen LogP contribution in [-0.4, -0.2) is 16.1 Å². The van der Waals surface area contributed by atoms with E-state index in [0.717, 1.165) is 33.0 Å². The van der Waals surface area contributed by atoms with E-state index in [-0.39, 0.29) is 6.10 Å². The lowest BCUT2D eigenvalue weighted by Crippen LogP contribution is -2.06. The van der Waals surface area contributed by atoms with Crippen molar-refractivity contribution >= 4 is 22.9 Å². The summed E-state index contributed by atoms with van der Waals surface area (Å²) in [6, 6.07) is 9.74. The second kappa shape index (κ2) is 7.86. The average molecular weight is 384 g/mol. The van der Waals surface area contributed by atoms with Crippen molar-refractivity contribution in [2.75, 3.05) is 0 Å². The van der Waals surface area contributed by atoms with Crippen LogP contribution in [0.1, 0.15) is 31.9 Å². The molecule has 3 rings (SSSR count). The Morgan fingerprint density at radius 3 is 2.77 bits per heavy atom. The highest BCUT2D eigenvalue weighted by Gasteiger charge is 2.14. The van der Waals surface area contributed by atoms with Gasteiger partial charge >= 0.3 is 0 Å². The number of benzene rings is 1. The van der Waals surface area contributed by atoms with Crippen LogP contribution in [0.25, 0.3) is 21.0 Å². The maximum absolute atomic E-state index is 9.42. The van der Waals surface area contributed by atoms with Crippen molar-refractivity contribution in [1.82, 2.24) is 9.97 Å². The summed E-state index contributed by atoms with van der Waals surface area (Å²) in [6.07, 6.45) is 4.37.